The van der Waals surface area contributed by atoms with Crippen molar-refractivity contribution >= 4 is 17.1 Å². The van der Waals surface area contributed by atoms with Crippen LogP contribution in [-0.4, -0.2) is 38.1 Å². The molecule has 7 nitrogen and oxygen atoms in total. The molecule has 3 heterocycles. The minimum absolute atomic E-state index is 0.266. The summed E-state index contributed by atoms with van der Waals surface area (Å²) in [5.41, 5.74) is 4.95. The monoisotopic (exact) mass is 392 g/mol. The average molecular weight is 392 g/mol. The standard InChI is InChI=1S/C21H17FN4O3/c1-11-5-4-6-14(12(11)2)19-16(29-3)9-15-20(24-19)18(25-26(15)21(27)28)13-7-8-17(22)23-10-13/h4-10H,1-3H3,(H,27,28). The lowest BCUT2D eigenvalue weighted by molar-refractivity contribution is 0.194. The Morgan fingerprint density at radius 2 is 1.97 bits per heavy atom. The highest BCUT2D eigenvalue weighted by atomic mass is 19.1. The lowest BCUT2D eigenvalue weighted by Crippen LogP contribution is -2.09. The minimum atomic E-state index is -1.26. The molecule has 0 bridgehead atoms. The van der Waals surface area contributed by atoms with E-state index in [0.29, 0.717) is 28.2 Å². The summed E-state index contributed by atoms with van der Waals surface area (Å²) in [7, 11) is 1.50. The zero-order valence-electron chi connectivity index (χ0n) is 16.0. The Hall–Kier alpha value is -3.81. The number of aryl methyl sites for hydroxylation is 1. The van der Waals surface area contributed by atoms with Crippen LogP contribution in [0.15, 0.2) is 42.6 Å². The number of ether oxygens (including phenoxy) is 1. The molecule has 0 spiro atoms. The van der Waals surface area contributed by atoms with Crippen molar-refractivity contribution in [3.63, 3.8) is 0 Å². The van der Waals surface area contributed by atoms with E-state index in [2.05, 4.69) is 10.1 Å². The van der Waals surface area contributed by atoms with Gasteiger partial charge in [0.25, 0.3) is 0 Å². The first kappa shape index (κ1) is 18.5. The third-order valence-electron chi connectivity index (χ3n) is 4.88. The Morgan fingerprint density at radius 1 is 1.17 bits per heavy atom. The van der Waals surface area contributed by atoms with E-state index in [9.17, 15) is 14.3 Å². The van der Waals surface area contributed by atoms with E-state index in [-0.39, 0.29) is 5.52 Å². The molecule has 1 aromatic carbocycles. The SMILES string of the molecule is COc1cc2c(nc1-c1cccc(C)c1C)c(-c1ccc(F)nc1)nn2C(=O)O. The van der Waals surface area contributed by atoms with Crippen LogP contribution < -0.4 is 4.74 Å². The first-order chi connectivity index (χ1) is 13.9. The quantitative estimate of drug-likeness (QED) is 0.518. The molecular weight excluding hydrogens is 375 g/mol. The summed E-state index contributed by atoms with van der Waals surface area (Å²) in [6, 6.07) is 10.1. The third-order valence-corrected chi connectivity index (χ3v) is 4.88. The maximum absolute atomic E-state index is 13.3. The highest BCUT2D eigenvalue weighted by molar-refractivity contribution is 5.97. The molecule has 0 fully saturated rings. The topological polar surface area (TPSA) is 90.1 Å². The van der Waals surface area contributed by atoms with Crippen molar-refractivity contribution in [2.75, 3.05) is 7.11 Å². The van der Waals surface area contributed by atoms with Gasteiger partial charge < -0.3 is 9.84 Å². The smallest absolute Gasteiger partial charge is 0.432 e. The van der Waals surface area contributed by atoms with Gasteiger partial charge in [0.2, 0.25) is 5.95 Å². The molecule has 0 saturated carbocycles. The second-order valence-corrected chi connectivity index (χ2v) is 6.57. The van der Waals surface area contributed by atoms with E-state index in [1.54, 1.807) is 6.07 Å². The van der Waals surface area contributed by atoms with E-state index >= 15 is 0 Å². The number of carbonyl (C=O) groups is 1. The number of benzene rings is 1. The van der Waals surface area contributed by atoms with Gasteiger partial charge in [-0.3, -0.25) is 0 Å². The van der Waals surface area contributed by atoms with E-state index in [0.717, 1.165) is 21.4 Å². The number of hydrogen-bond acceptors (Lipinski definition) is 5. The molecule has 4 aromatic rings. The third kappa shape index (κ3) is 3.08. The van der Waals surface area contributed by atoms with Crippen LogP contribution in [-0.2, 0) is 0 Å². The Bertz CT molecular complexity index is 1250. The van der Waals surface area contributed by atoms with Crippen LogP contribution in [0.3, 0.4) is 0 Å². The van der Waals surface area contributed by atoms with Crippen molar-refractivity contribution in [1.82, 2.24) is 19.7 Å². The van der Waals surface area contributed by atoms with Crippen molar-refractivity contribution in [2.24, 2.45) is 0 Å². The van der Waals surface area contributed by atoms with Gasteiger partial charge in [0, 0.05) is 23.4 Å². The van der Waals surface area contributed by atoms with Gasteiger partial charge in [0.05, 0.1) is 7.11 Å². The molecule has 0 atom stereocenters. The summed E-state index contributed by atoms with van der Waals surface area (Å²) in [5, 5.41) is 13.7. The summed E-state index contributed by atoms with van der Waals surface area (Å²) < 4.78 is 19.6. The number of rotatable bonds is 3. The van der Waals surface area contributed by atoms with Crippen LogP contribution in [0, 0.1) is 19.8 Å². The van der Waals surface area contributed by atoms with Gasteiger partial charge in [-0.25, -0.2) is 14.8 Å². The molecule has 8 heteroatoms. The fraction of sp³-hybridized carbons (Fsp3) is 0.143. The van der Waals surface area contributed by atoms with E-state index in [1.165, 1.54) is 25.4 Å². The van der Waals surface area contributed by atoms with Crippen molar-refractivity contribution < 1.29 is 19.0 Å². The van der Waals surface area contributed by atoms with Crippen LogP contribution in [0.25, 0.3) is 33.5 Å². The summed E-state index contributed by atoms with van der Waals surface area (Å²) >= 11 is 0. The predicted molar refractivity (Wildman–Crippen MR) is 106 cm³/mol. The first-order valence-corrected chi connectivity index (χ1v) is 8.80. The van der Waals surface area contributed by atoms with Crippen molar-refractivity contribution in [1.29, 1.82) is 0 Å². The van der Waals surface area contributed by atoms with Gasteiger partial charge in [-0.05, 0) is 37.1 Å². The molecule has 0 radical (unpaired) electrons. The Balaban J connectivity index is 2.06. The number of aromatic nitrogens is 4. The van der Waals surface area contributed by atoms with Gasteiger partial charge in [-0.2, -0.15) is 14.2 Å². The van der Waals surface area contributed by atoms with Gasteiger partial charge in [0.15, 0.2) is 0 Å². The molecule has 146 valence electrons. The van der Waals surface area contributed by atoms with Crippen molar-refractivity contribution in [3.8, 4) is 28.3 Å². The fourth-order valence-corrected chi connectivity index (χ4v) is 3.23. The molecule has 0 aliphatic carbocycles. The molecule has 0 unspecified atom stereocenters. The molecule has 0 amide bonds. The lowest BCUT2D eigenvalue weighted by atomic mass is 9.99. The fourth-order valence-electron chi connectivity index (χ4n) is 3.23. The maximum atomic E-state index is 13.3. The minimum Gasteiger partial charge on any atom is -0.494 e. The van der Waals surface area contributed by atoms with Gasteiger partial charge in [0.1, 0.15) is 28.2 Å². The van der Waals surface area contributed by atoms with Crippen LogP contribution in [0.5, 0.6) is 5.75 Å². The van der Waals surface area contributed by atoms with Crippen LogP contribution >= 0.6 is 0 Å². The van der Waals surface area contributed by atoms with Crippen LogP contribution in [0.2, 0.25) is 0 Å². The predicted octanol–water partition coefficient (Wildman–Crippen LogP) is 4.45. The number of fused-ring (bicyclic) bond motifs is 1. The van der Waals surface area contributed by atoms with Gasteiger partial charge in [-0.1, -0.05) is 18.2 Å². The Labute approximate surface area is 165 Å². The Morgan fingerprint density at radius 3 is 2.62 bits per heavy atom. The first-order valence-electron chi connectivity index (χ1n) is 8.80. The molecule has 0 aliphatic heterocycles. The number of nitrogens with zero attached hydrogens (tertiary/aromatic N) is 4. The highest BCUT2D eigenvalue weighted by Crippen LogP contribution is 2.36. The number of methoxy groups -OCH3 is 1. The number of pyridine rings is 2. The molecule has 3 aromatic heterocycles. The zero-order chi connectivity index (χ0) is 20.7. The average Bonchev–Trinajstić information content (AvgIpc) is 3.08. The number of halogens is 1. The largest absolute Gasteiger partial charge is 0.494 e. The van der Waals surface area contributed by atoms with Crippen molar-refractivity contribution in [3.05, 3.63) is 59.7 Å². The number of carboxylic acid groups (broad SMARTS) is 1. The molecule has 0 saturated heterocycles. The zero-order valence-corrected chi connectivity index (χ0v) is 16.0. The summed E-state index contributed by atoms with van der Waals surface area (Å²) in [6.45, 7) is 3.99. The normalized spacial score (nSPS) is 11.0. The summed E-state index contributed by atoms with van der Waals surface area (Å²) in [4.78, 5) is 20.1. The maximum Gasteiger partial charge on any atom is 0.432 e. The van der Waals surface area contributed by atoms with E-state index < -0.39 is 12.0 Å². The molecule has 0 aliphatic rings. The second-order valence-electron chi connectivity index (χ2n) is 6.57. The van der Waals surface area contributed by atoms with Crippen molar-refractivity contribution in [2.45, 2.75) is 13.8 Å². The number of hydrogen-bond donors (Lipinski definition) is 1. The lowest BCUT2D eigenvalue weighted by Gasteiger charge is -2.12. The van der Waals surface area contributed by atoms with Gasteiger partial charge in [-0.15, -0.1) is 0 Å². The van der Waals surface area contributed by atoms with Crippen LogP contribution in [0.1, 0.15) is 11.1 Å². The van der Waals surface area contributed by atoms with E-state index in [4.69, 9.17) is 9.72 Å². The second kappa shape index (κ2) is 6.97. The molecule has 4 rings (SSSR count). The summed E-state index contributed by atoms with van der Waals surface area (Å²) in [5.74, 6) is -0.209. The van der Waals surface area contributed by atoms with Gasteiger partial charge >= 0.3 is 6.09 Å². The molecular formula is C21H17FN4O3. The molecule has 29 heavy (non-hydrogen) atoms. The van der Waals surface area contributed by atoms with Crippen LogP contribution in [0.4, 0.5) is 9.18 Å². The van der Waals surface area contributed by atoms with E-state index in [1.807, 2.05) is 32.0 Å². The summed E-state index contributed by atoms with van der Waals surface area (Å²) in [6.07, 6.45) is 0.0342. The molecule has 1 N–H and O–H groups in total. The Kier molecular flexibility index (Phi) is 4.46. The highest BCUT2D eigenvalue weighted by Gasteiger charge is 2.22.